The Morgan fingerprint density at radius 2 is 0.738 bits per heavy atom. The van der Waals surface area contributed by atoms with E-state index in [1.54, 1.807) is 0 Å². The van der Waals surface area contributed by atoms with Gasteiger partial charge < -0.3 is 9.30 Å². The lowest BCUT2D eigenvalue weighted by Crippen LogP contribution is -2.09. The van der Waals surface area contributed by atoms with Gasteiger partial charge in [-0.2, -0.15) is 0 Å². The molecule has 10 aromatic carbocycles. The molecule has 3 heteroatoms. The lowest BCUT2D eigenvalue weighted by Gasteiger charge is -2.26. The van der Waals surface area contributed by atoms with Gasteiger partial charge in [-0.1, -0.05) is 194 Å². The first-order valence-electron chi connectivity index (χ1n) is 22.3. The summed E-state index contributed by atoms with van der Waals surface area (Å²) in [5.41, 5.74) is 16.7. The van der Waals surface area contributed by atoms with Crippen molar-refractivity contribution in [2.45, 2.75) is 0 Å². The molecule has 0 N–H and O–H groups in total. The maximum absolute atomic E-state index is 2.56. The Kier molecular flexibility index (Phi) is 8.75. The molecule has 0 aliphatic carbocycles. The number of thiophene rings is 1. The third-order valence-electron chi connectivity index (χ3n) is 13.2. The second kappa shape index (κ2) is 15.2. The van der Waals surface area contributed by atoms with Gasteiger partial charge in [0.05, 0.1) is 16.6 Å². The Hall–Kier alpha value is -8.24. The van der Waals surface area contributed by atoms with E-state index in [0.717, 1.165) is 17.1 Å². The van der Waals surface area contributed by atoms with E-state index in [9.17, 15) is 0 Å². The van der Waals surface area contributed by atoms with Crippen molar-refractivity contribution in [2.75, 3.05) is 4.90 Å². The summed E-state index contributed by atoms with van der Waals surface area (Å²) in [4.78, 5) is 2.36. The molecule has 0 aliphatic heterocycles. The number of rotatable bonds is 7. The fraction of sp³-hybridized carbons (Fsp3) is 0. The maximum atomic E-state index is 2.56. The second-order valence-corrected chi connectivity index (χ2v) is 17.9. The van der Waals surface area contributed by atoms with Gasteiger partial charge >= 0.3 is 0 Å². The lowest BCUT2D eigenvalue weighted by molar-refractivity contribution is 1.28. The van der Waals surface area contributed by atoms with Crippen molar-refractivity contribution >= 4 is 86.7 Å². The van der Waals surface area contributed by atoms with Crippen molar-refractivity contribution in [1.82, 2.24) is 4.40 Å². The number of nitrogens with zero attached hydrogens (tertiary/aromatic N) is 2. The minimum atomic E-state index is 1.09. The van der Waals surface area contributed by atoms with Crippen LogP contribution in [0.25, 0.3) is 103 Å². The van der Waals surface area contributed by atoms with E-state index in [2.05, 4.69) is 252 Å². The SMILES string of the molecule is c1ccc(-c2ccc(N(c3ccc(-c4ccccc4)cc3)c3ccc(-c4cccc5c6ccccc6c6c(-c7cccc8c7sc7ccccc78)c7ccccc7n6c45)cc3)cc2)cc1. The average molecular weight is 845 g/mol. The monoisotopic (exact) mass is 844 g/mol. The van der Waals surface area contributed by atoms with Gasteiger partial charge in [0.25, 0.3) is 0 Å². The Bertz CT molecular complexity index is 3820. The van der Waals surface area contributed by atoms with Gasteiger partial charge in [0, 0.05) is 70.1 Å². The first kappa shape index (κ1) is 37.3. The van der Waals surface area contributed by atoms with E-state index in [1.807, 2.05) is 11.3 Å². The highest BCUT2D eigenvalue weighted by Gasteiger charge is 2.23. The molecule has 13 rings (SSSR count). The molecule has 0 spiro atoms. The molecule has 304 valence electrons. The minimum absolute atomic E-state index is 1.09. The van der Waals surface area contributed by atoms with Crippen LogP contribution < -0.4 is 4.90 Å². The Labute approximate surface area is 381 Å². The van der Waals surface area contributed by atoms with Gasteiger partial charge in [-0.05, 0) is 81.7 Å². The zero-order valence-electron chi connectivity index (χ0n) is 35.4. The number of aromatic nitrogens is 1. The smallest absolute Gasteiger partial charge is 0.0626 e. The standard InChI is InChI=1S/C62H40N2S/c1-3-15-41(16-4-1)43-29-35-46(36-30-43)63(47-37-31-44(32-38-47)42-17-5-2-6-18-42)48-39-33-45(34-40-48)49-23-13-24-52-50-19-7-8-21-53(50)61-59(55-22-9-11-27-57(55)64(61)60(49)52)56-26-14-25-54-51-20-10-12-28-58(51)65-62(54)56/h1-40H. The highest BCUT2D eigenvalue weighted by Crippen LogP contribution is 2.48. The molecular formula is C62H40N2S. The summed E-state index contributed by atoms with van der Waals surface area (Å²) in [7, 11) is 0. The van der Waals surface area contributed by atoms with E-state index >= 15 is 0 Å². The van der Waals surface area contributed by atoms with Gasteiger partial charge in [0.1, 0.15) is 0 Å². The molecule has 0 unspecified atom stereocenters. The van der Waals surface area contributed by atoms with E-state index in [0.29, 0.717) is 0 Å². The van der Waals surface area contributed by atoms with E-state index in [-0.39, 0.29) is 0 Å². The number of hydrogen-bond acceptors (Lipinski definition) is 2. The zero-order chi connectivity index (χ0) is 42.8. The van der Waals surface area contributed by atoms with Crippen LogP contribution >= 0.6 is 11.3 Å². The highest BCUT2D eigenvalue weighted by molar-refractivity contribution is 7.26. The third-order valence-corrected chi connectivity index (χ3v) is 14.4. The molecule has 2 nitrogen and oxygen atoms in total. The van der Waals surface area contributed by atoms with E-state index in [1.165, 1.54) is 103 Å². The van der Waals surface area contributed by atoms with Crippen LogP contribution in [0.1, 0.15) is 0 Å². The molecule has 0 radical (unpaired) electrons. The Morgan fingerprint density at radius 3 is 1.37 bits per heavy atom. The zero-order valence-corrected chi connectivity index (χ0v) is 36.2. The molecule has 65 heavy (non-hydrogen) atoms. The summed E-state index contributed by atoms with van der Waals surface area (Å²) in [6, 6.07) is 88.7. The molecular weight excluding hydrogens is 805 g/mol. The summed E-state index contributed by atoms with van der Waals surface area (Å²) >= 11 is 1.90. The Balaban J connectivity index is 1.00. The molecule has 0 atom stereocenters. The van der Waals surface area contributed by atoms with Gasteiger partial charge in [-0.3, -0.25) is 0 Å². The quantitative estimate of drug-likeness (QED) is 0.145. The van der Waals surface area contributed by atoms with Crippen molar-refractivity contribution < 1.29 is 0 Å². The number of pyridine rings is 1. The van der Waals surface area contributed by atoms with Gasteiger partial charge in [-0.15, -0.1) is 11.3 Å². The fourth-order valence-electron chi connectivity index (χ4n) is 10.2. The van der Waals surface area contributed by atoms with Crippen molar-refractivity contribution in [3.63, 3.8) is 0 Å². The van der Waals surface area contributed by atoms with Crippen LogP contribution in [0.4, 0.5) is 17.1 Å². The summed E-state index contributed by atoms with van der Waals surface area (Å²) in [5, 5.41) is 7.63. The minimum Gasteiger partial charge on any atom is -0.311 e. The first-order valence-corrected chi connectivity index (χ1v) is 23.1. The van der Waals surface area contributed by atoms with E-state index in [4.69, 9.17) is 0 Å². The summed E-state index contributed by atoms with van der Waals surface area (Å²) < 4.78 is 5.21. The van der Waals surface area contributed by atoms with Gasteiger partial charge in [-0.25, -0.2) is 0 Å². The molecule has 3 heterocycles. The lowest BCUT2D eigenvalue weighted by atomic mass is 9.95. The van der Waals surface area contributed by atoms with Crippen LogP contribution in [0.5, 0.6) is 0 Å². The second-order valence-electron chi connectivity index (χ2n) is 16.8. The van der Waals surface area contributed by atoms with Crippen LogP contribution in [-0.4, -0.2) is 4.40 Å². The molecule has 13 aromatic rings. The number of para-hydroxylation sites is 2. The molecule has 0 aliphatic rings. The largest absolute Gasteiger partial charge is 0.311 e. The number of anilines is 3. The number of fused-ring (bicyclic) bond motifs is 11. The normalized spacial score (nSPS) is 11.7. The van der Waals surface area contributed by atoms with Crippen molar-refractivity contribution in [2.24, 2.45) is 0 Å². The Morgan fingerprint density at radius 1 is 0.292 bits per heavy atom. The molecule has 0 amide bonds. The van der Waals surface area contributed by atoms with Crippen LogP contribution in [0.2, 0.25) is 0 Å². The molecule has 0 bridgehead atoms. The molecule has 0 saturated carbocycles. The van der Waals surface area contributed by atoms with Crippen LogP contribution in [0.3, 0.4) is 0 Å². The van der Waals surface area contributed by atoms with Gasteiger partial charge in [0.15, 0.2) is 0 Å². The molecule has 3 aromatic heterocycles. The third kappa shape index (κ3) is 6.08. The number of hydrogen-bond donors (Lipinski definition) is 0. The van der Waals surface area contributed by atoms with E-state index < -0.39 is 0 Å². The summed E-state index contributed by atoms with van der Waals surface area (Å²) in [6.07, 6.45) is 0. The predicted molar refractivity (Wildman–Crippen MR) is 279 cm³/mol. The van der Waals surface area contributed by atoms with Crippen molar-refractivity contribution in [3.8, 4) is 44.5 Å². The van der Waals surface area contributed by atoms with Gasteiger partial charge in [0.2, 0.25) is 0 Å². The fourth-order valence-corrected chi connectivity index (χ4v) is 11.4. The highest BCUT2D eigenvalue weighted by atomic mass is 32.1. The summed E-state index contributed by atoms with van der Waals surface area (Å²) in [5.74, 6) is 0. The topological polar surface area (TPSA) is 7.65 Å². The maximum Gasteiger partial charge on any atom is 0.0626 e. The predicted octanol–water partition coefficient (Wildman–Crippen LogP) is 17.9. The van der Waals surface area contributed by atoms with Crippen LogP contribution in [0.15, 0.2) is 243 Å². The van der Waals surface area contributed by atoms with Crippen LogP contribution in [-0.2, 0) is 0 Å². The summed E-state index contributed by atoms with van der Waals surface area (Å²) in [6.45, 7) is 0. The number of benzene rings is 10. The van der Waals surface area contributed by atoms with Crippen LogP contribution in [0, 0.1) is 0 Å². The van der Waals surface area contributed by atoms with Crippen molar-refractivity contribution in [3.05, 3.63) is 243 Å². The molecule has 0 saturated heterocycles. The average Bonchev–Trinajstić information content (AvgIpc) is 3.94. The first-order chi connectivity index (χ1) is 32.3. The molecule has 0 fully saturated rings. The van der Waals surface area contributed by atoms with Crippen molar-refractivity contribution in [1.29, 1.82) is 0 Å².